The van der Waals surface area contributed by atoms with Gasteiger partial charge >= 0.3 is 0 Å². The summed E-state index contributed by atoms with van der Waals surface area (Å²) >= 11 is 19.6. The molecule has 0 unspecified atom stereocenters. The van der Waals surface area contributed by atoms with E-state index in [4.69, 9.17) is 34.8 Å². The summed E-state index contributed by atoms with van der Waals surface area (Å²) in [5.41, 5.74) is 1.87. The molecule has 0 saturated heterocycles. The van der Waals surface area contributed by atoms with Crippen molar-refractivity contribution in [1.82, 2.24) is 25.0 Å². The molecule has 0 bridgehead atoms. The number of amides is 1. The number of benzene rings is 2. The number of rotatable bonds is 6. The monoisotopic (exact) mass is 490 g/mol. The highest BCUT2D eigenvalue weighted by Gasteiger charge is 2.22. The summed E-state index contributed by atoms with van der Waals surface area (Å²) in [6, 6.07) is 13.5. The van der Waals surface area contributed by atoms with E-state index in [9.17, 15) is 4.79 Å². The third-order valence-electron chi connectivity index (χ3n) is 4.05. The molecule has 0 saturated carbocycles. The summed E-state index contributed by atoms with van der Waals surface area (Å²) in [6.45, 7) is 0. The van der Waals surface area contributed by atoms with Gasteiger partial charge in [0.25, 0.3) is 5.91 Å². The topological polar surface area (TPSA) is 85.6 Å². The van der Waals surface area contributed by atoms with Crippen LogP contribution in [0.3, 0.4) is 0 Å². The third kappa shape index (κ3) is 5.34. The Bertz CT molecular complexity index is 1200. The molecule has 4 aromatic rings. The average Bonchev–Trinajstić information content (AvgIpc) is 3.18. The predicted octanol–water partition coefficient (Wildman–Crippen LogP) is 5.56. The SMILES string of the molecule is O=C(Nc1ccc(Cl)cc1)c1nnn(-c2cc(Cl)cc(Cl)c2)c1CSc1ncccn1. The highest BCUT2D eigenvalue weighted by Crippen LogP contribution is 2.27. The maximum Gasteiger partial charge on any atom is 0.278 e. The first-order chi connectivity index (χ1) is 15.0. The normalized spacial score (nSPS) is 10.8. The van der Waals surface area contributed by atoms with Crippen LogP contribution in [-0.4, -0.2) is 30.9 Å². The Morgan fingerprint density at radius 1 is 0.968 bits per heavy atom. The summed E-state index contributed by atoms with van der Waals surface area (Å²) in [4.78, 5) is 21.4. The van der Waals surface area contributed by atoms with E-state index in [0.717, 1.165) is 0 Å². The van der Waals surface area contributed by atoms with E-state index in [-0.39, 0.29) is 5.69 Å². The van der Waals surface area contributed by atoms with Crippen LogP contribution in [-0.2, 0) is 5.75 Å². The standard InChI is InChI=1S/C20H13Cl3N6OS/c21-12-2-4-15(5-3-12)26-19(30)18-17(11-31-20-24-6-1-7-25-20)29(28-27-18)16-9-13(22)8-14(23)10-16/h1-10H,11H2,(H,26,30). The molecule has 1 N–H and O–H groups in total. The Labute approximate surface area is 196 Å². The molecule has 4 rings (SSSR count). The summed E-state index contributed by atoms with van der Waals surface area (Å²) in [5, 5.41) is 13.1. The molecule has 2 aromatic carbocycles. The quantitative estimate of drug-likeness (QED) is 0.281. The zero-order valence-electron chi connectivity index (χ0n) is 15.7. The van der Waals surface area contributed by atoms with Gasteiger partial charge in [-0.1, -0.05) is 51.8 Å². The van der Waals surface area contributed by atoms with Gasteiger partial charge in [-0.3, -0.25) is 4.79 Å². The van der Waals surface area contributed by atoms with Gasteiger partial charge in [-0.15, -0.1) is 5.10 Å². The molecule has 0 fully saturated rings. The third-order valence-corrected chi connectivity index (χ3v) is 5.63. The maximum atomic E-state index is 13.0. The van der Waals surface area contributed by atoms with Crippen molar-refractivity contribution in [3.63, 3.8) is 0 Å². The fraction of sp³-hybridized carbons (Fsp3) is 0.0500. The zero-order chi connectivity index (χ0) is 21.8. The number of halogens is 3. The molecular weight excluding hydrogens is 479 g/mol. The van der Waals surface area contributed by atoms with E-state index in [0.29, 0.717) is 43.0 Å². The number of nitrogens with one attached hydrogen (secondary N) is 1. The molecule has 2 heterocycles. The number of aromatic nitrogens is 5. The second-order valence-corrected chi connectivity index (χ2v) is 8.46. The van der Waals surface area contributed by atoms with Gasteiger partial charge in [0.15, 0.2) is 10.9 Å². The minimum atomic E-state index is -0.411. The van der Waals surface area contributed by atoms with Gasteiger partial charge in [-0.05, 0) is 48.5 Å². The van der Waals surface area contributed by atoms with Crippen LogP contribution >= 0.6 is 46.6 Å². The van der Waals surface area contributed by atoms with E-state index >= 15 is 0 Å². The number of nitrogens with zero attached hydrogens (tertiary/aromatic N) is 5. The Balaban J connectivity index is 1.69. The Morgan fingerprint density at radius 3 is 2.32 bits per heavy atom. The molecule has 0 aliphatic rings. The molecule has 2 aromatic heterocycles. The molecule has 11 heteroatoms. The van der Waals surface area contributed by atoms with E-state index in [1.54, 1.807) is 60.9 Å². The van der Waals surface area contributed by atoms with Crippen LogP contribution in [0, 0.1) is 0 Å². The van der Waals surface area contributed by atoms with Crippen molar-refractivity contribution in [3.05, 3.63) is 87.4 Å². The molecule has 0 radical (unpaired) electrons. The van der Waals surface area contributed by atoms with Crippen molar-refractivity contribution < 1.29 is 4.79 Å². The Morgan fingerprint density at radius 2 is 1.65 bits per heavy atom. The highest BCUT2D eigenvalue weighted by molar-refractivity contribution is 7.98. The van der Waals surface area contributed by atoms with Crippen molar-refractivity contribution in [2.75, 3.05) is 5.32 Å². The van der Waals surface area contributed by atoms with Gasteiger partial charge in [0.2, 0.25) is 0 Å². The van der Waals surface area contributed by atoms with E-state index in [2.05, 4.69) is 25.6 Å². The first kappa shape index (κ1) is 21.6. The van der Waals surface area contributed by atoms with Gasteiger partial charge in [0.1, 0.15) is 0 Å². The predicted molar refractivity (Wildman–Crippen MR) is 122 cm³/mol. The van der Waals surface area contributed by atoms with Crippen molar-refractivity contribution in [2.45, 2.75) is 10.9 Å². The lowest BCUT2D eigenvalue weighted by atomic mass is 10.2. The smallest absolute Gasteiger partial charge is 0.278 e. The van der Waals surface area contributed by atoms with E-state index < -0.39 is 5.91 Å². The van der Waals surface area contributed by atoms with Crippen LogP contribution < -0.4 is 5.32 Å². The maximum absolute atomic E-state index is 13.0. The first-order valence-electron chi connectivity index (χ1n) is 8.87. The molecule has 0 atom stereocenters. The number of anilines is 1. The number of hydrogen-bond acceptors (Lipinski definition) is 6. The van der Waals surface area contributed by atoms with Crippen LogP contribution in [0.15, 0.2) is 66.1 Å². The largest absolute Gasteiger partial charge is 0.321 e. The molecule has 0 aliphatic carbocycles. The number of carbonyl (C=O) groups excluding carboxylic acids is 1. The molecule has 0 spiro atoms. The zero-order valence-corrected chi connectivity index (χ0v) is 18.8. The summed E-state index contributed by atoms with van der Waals surface area (Å²) in [7, 11) is 0. The highest BCUT2D eigenvalue weighted by atomic mass is 35.5. The second-order valence-electron chi connectivity index (χ2n) is 6.21. The van der Waals surface area contributed by atoms with Crippen LogP contribution in [0.25, 0.3) is 5.69 Å². The van der Waals surface area contributed by atoms with Crippen molar-refractivity contribution in [3.8, 4) is 5.69 Å². The van der Waals surface area contributed by atoms with Gasteiger partial charge in [0.05, 0.1) is 11.4 Å². The molecule has 0 aliphatic heterocycles. The molecular formula is C20H13Cl3N6OS. The van der Waals surface area contributed by atoms with Crippen molar-refractivity contribution >= 4 is 58.2 Å². The van der Waals surface area contributed by atoms with Gasteiger partial charge < -0.3 is 5.32 Å². The van der Waals surface area contributed by atoms with Gasteiger partial charge in [0, 0.05) is 38.9 Å². The number of thioether (sulfide) groups is 1. The lowest BCUT2D eigenvalue weighted by Crippen LogP contribution is -2.15. The molecule has 1 amide bonds. The Kier molecular flexibility index (Phi) is 6.72. The van der Waals surface area contributed by atoms with Crippen LogP contribution in [0.5, 0.6) is 0 Å². The summed E-state index contributed by atoms with van der Waals surface area (Å²) in [6.07, 6.45) is 3.30. The minimum Gasteiger partial charge on any atom is -0.321 e. The lowest BCUT2D eigenvalue weighted by molar-refractivity contribution is 0.102. The van der Waals surface area contributed by atoms with E-state index in [1.165, 1.54) is 16.4 Å². The summed E-state index contributed by atoms with van der Waals surface area (Å²) < 4.78 is 1.53. The van der Waals surface area contributed by atoms with Gasteiger partial charge in [-0.2, -0.15) is 0 Å². The van der Waals surface area contributed by atoms with Gasteiger partial charge in [-0.25, -0.2) is 14.6 Å². The fourth-order valence-corrected chi connectivity index (χ4v) is 4.13. The van der Waals surface area contributed by atoms with Crippen molar-refractivity contribution in [2.24, 2.45) is 0 Å². The minimum absolute atomic E-state index is 0.162. The number of hydrogen-bond donors (Lipinski definition) is 1. The van der Waals surface area contributed by atoms with E-state index in [1.807, 2.05) is 0 Å². The van der Waals surface area contributed by atoms with Crippen LogP contribution in [0.4, 0.5) is 5.69 Å². The van der Waals surface area contributed by atoms with Crippen molar-refractivity contribution in [1.29, 1.82) is 0 Å². The molecule has 31 heavy (non-hydrogen) atoms. The number of carbonyl (C=O) groups is 1. The lowest BCUT2D eigenvalue weighted by Gasteiger charge is -2.09. The van der Waals surface area contributed by atoms with Crippen LogP contribution in [0.2, 0.25) is 15.1 Å². The fourth-order valence-electron chi connectivity index (χ4n) is 2.69. The Hall–Kier alpha value is -2.65. The average molecular weight is 492 g/mol. The molecule has 156 valence electrons. The first-order valence-corrected chi connectivity index (χ1v) is 11.0. The van der Waals surface area contributed by atoms with Crippen LogP contribution in [0.1, 0.15) is 16.2 Å². The molecule has 7 nitrogen and oxygen atoms in total. The second kappa shape index (κ2) is 9.65. The summed E-state index contributed by atoms with van der Waals surface area (Å²) in [5.74, 6) is -0.0730.